The van der Waals surface area contributed by atoms with Crippen LogP contribution in [0.5, 0.6) is 0 Å². The van der Waals surface area contributed by atoms with Crippen LogP contribution < -0.4 is 31.1 Å². The molecule has 2 aliphatic heterocycles. The average Bonchev–Trinajstić information content (AvgIpc) is 1.18. The molecule has 0 saturated carbocycles. The molecule has 0 bridgehead atoms. The van der Waals surface area contributed by atoms with Gasteiger partial charge in [-0.1, -0.05) is 278 Å². The van der Waals surface area contributed by atoms with Crippen LogP contribution in [-0.4, -0.2) is 11.1 Å². The number of hydrogen-bond donors (Lipinski definition) is 0. The molecule has 103 heavy (non-hydrogen) atoms. The van der Waals surface area contributed by atoms with E-state index in [0.29, 0.717) is 0 Å². The van der Waals surface area contributed by atoms with Gasteiger partial charge in [0.15, 0.2) is 0 Å². The minimum atomic E-state index is -0.213. The van der Waals surface area contributed by atoms with Crippen LogP contribution in [0.15, 0.2) is 346 Å². The Balaban J connectivity index is 0.916. The summed E-state index contributed by atoms with van der Waals surface area (Å²) in [6.07, 6.45) is 0. The molecule has 4 nitrogen and oxygen atoms in total. The van der Waals surface area contributed by atoms with Crippen molar-refractivity contribution in [2.24, 2.45) is 0 Å². The predicted octanol–water partition coefficient (Wildman–Crippen LogP) is 25.0. The first-order valence-corrected chi connectivity index (χ1v) is 36.1. The van der Waals surface area contributed by atoms with Crippen LogP contribution in [0.3, 0.4) is 0 Å². The minimum absolute atomic E-state index is 0.0252. The number of benzene rings is 15. The van der Waals surface area contributed by atoms with E-state index in [-0.39, 0.29) is 17.5 Å². The quantitative estimate of drug-likeness (QED) is 0.120. The van der Waals surface area contributed by atoms with Gasteiger partial charge in [0.1, 0.15) is 0 Å². The normalized spacial score (nSPS) is 12.7. The molecule has 0 saturated heterocycles. The van der Waals surface area contributed by atoms with Crippen molar-refractivity contribution < 1.29 is 0 Å². The number of rotatable bonds is 11. The summed E-state index contributed by atoms with van der Waals surface area (Å²) in [5.41, 5.74) is 33.6. The fourth-order valence-electron chi connectivity index (χ4n) is 16.6. The van der Waals surface area contributed by atoms with Crippen molar-refractivity contribution in [3.05, 3.63) is 357 Å². The Morgan fingerprint density at radius 1 is 0.252 bits per heavy atom. The number of aromatic nitrogens is 1. The molecule has 19 rings (SSSR count). The summed E-state index contributed by atoms with van der Waals surface area (Å²) in [6, 6.07) is 130. The van der Waals surface area contributed by atoms with Crippen LogP contribution in [0, 0.1) is 0 Å². The molecule has 0 fully saturated rings. The van der Waals surface area contributed by atoms with Crippen LogP contribution in [0.25, 0.3) is 105 Å². The molecule has 0 amide bonds. The third-order valence-corrected chi connectivity index (χ3v) is 21.7. The molecule has 0 radical (unpaired) electrons. The van der Waals surface area contributed by atoms with E-state index in [2.05, 4.69) is 406 Å². The molecule has 490 valence electrons. The lowest BCUT2D eigenvalue weighted by Gasteiger charge is -2.45. The summed E-state index contributed by atoms with van der Waals surface area (Å²) >= 11 is 0. The molecule has 0 spiro atoms. The largest absolute Gasteiger partial charge is 0.311 e. The molecule has 4 heterocycles. The van der Waals surface area contributed by atoms with Crippen molar-refractivity contribution in [3.63, 3.8) is 0 Å². The van der Waals surface area contributed by atoms with E-state index in [4.69, 9.17) is 0 Å². The van der Waals surface area contributed by atoms with Crippen molar-refractivity contribution in [3.8, 4) is 66.8 Å². The molecule has 0 N–H and O–H groups in total. The van der Waals surface area contributed by atoms with Crippen LogP contribution in [0.2, 0.25) is 0 Å². The SMILES string of the molecule is CC(C)(C)c1ccc(N(c2ccc(C(C)(C)C)cc2)c2ccc3c(c2)N(c2cc(-c4ccccc4)cc(-c4ccccc4)c2)c2cc(-c4ccccc4)cc4c2B3c2ccc(-c3ccc5c(c3)c3cccc6c7ccccc7n5c63)cc2N4c2cc(-c3ccccc3)cc(-c3ccccc3)c2)cc1. The van der Waals surface area contributed by atoms with Crippen molar-refractivity contribution in [1.82, 2.24) is 4.40 Å². The van der Waals surface area contributed by atoms with Crippen molar-refractivity contribution in [1.29, 1.82) is 0 Å². The van der Waals surface area contributed by atoms with Gasteiger partial charge in [-0.15, -0.1) is 0 Å². The third-order valence-electron chi connectivity index (χ3n) is 21.7. The predicted molar refractivity (Wildman–Crippen MR) is 440 cm³/mol. The van der Waals surface area contributed by atoms with Crippen molar-refractivity contribution in [2.75, 3.05) is 14.7 Å². The molecular weight excluding hydrogens is 1240 g/mol. The van der Waals surface area contributed by atoms with Crippen LogP contribution in [0.1, 0.15) is 52.7 Å². The number of fused-ring (bicyclic) bond motifs is 10. The monoisotopic (exact) mass is 1320 g/mol. The second-order valence-electron chi connectivity index (χ2n) is 30.1. The summed E-state index contributed by atoms with van der Waals surface area (Å²) in [6.45, 7) is 13.6. The smallest absolute Gasteiger partial charge is 0.252 e. The highest BCUT2D eigenvalue weighted by atomic mass is 15.2. The fourth-order valence-corrected chi connectivity index (χ4v) is 16.6. The maximum atomic E-state index is 2.63. The van der Waals surface area contributed by atoms with E-state index in [9.17, 15) is 0 Å². The van der Waals surface area contributed by atoms with E-state index in [1.807, 2.05) is 0 Å². The molecule has 15 aromatic carbocycles. The lowest BCUT2D eigenvalue weighted by Crippen LogP contribution is -2.61. The van der Waals surface area contributed by atoms with Crippen LogP contribution in [-0.2, 0) is 10.8 Å². The van der Waals surface area contributed by atoms with E-state index in [1.54, 1.807) is 0 Å². The van der Waals surface area contributed by atoms with Gasteiger partial charge in [0, 0.05) is 72.7 Å². The molecule has 0 aliphatic carbocycles. The molecular formula is C98H75BN4. The number of para-hydroxylation sites is 2. The van der Waals surface area contributed by atoms with Gasteiger partial charge in [-0.05, 0) is 214 Å². The zero-order valence-corrected chi connectivity index (χ0v) is 58.8. The minimum Gasteiger partial charge on any atom is -0.311 e. The Bertz CT molecular complexity index is 5940. The first-order chi connectivity index (χ1) is 50.3. The summed E-state index contributed by atoms with van der Waals surface area (Å²) in [5.74, 6) is 0. The van der Waals surface area contributed by atoms with Crippen LogP contribution in [0.4, 0.5) is 51.2 Å². The first-order valence-electron chi connectivity index (χ1n) is 36.1. The Morgan fingerprint density at radius 3 is 1.08 bits per heavy atom. The van der Waals surface area contributed by atoms with E-state index in [0.717, 1.165) is 112 Å². The second-order valence-corrected chi connectivity index (χ2v) is 30.1. The van der Waals surface area contributed by atoms with Gasteiger partial charge in [-0.3, -0.25) is 0 Å². The van der Waals surface area contributed by atoms with E-state index < -0.39 is 0 Å². The first kappa shape index (κ1) is 61.6. The maximum Gasteiger partial charge on any atom is 0.252 e. The number of anilines is 9. The zero-order valence-electron chi connectivity index (χ0n) is 58.8. The molecule has 2 aromatic heterocycles. The van der Waals surface area contributed by atoms with Gasteiger partial charge in [0.2, 0.25) is 0 Å². The molecule has 17 aromatic rings. The van der Waals surface area contributed by atoms with Gasteiger partial charge in [0.25, 0.3) is 6.71 Å². The maximum absolute atomic E-state index is 2.63. The molecule has 0 atom stereocenters. The summed E-state index contributed by atoms with van der Waals surface area (Å²) in [5, 5.41) is 5.08. The number of hydrogen-bond acceptors (Lipinski definition) is 3. The summed E-state index contributed by atoms with van der Waals surface area (Å²) in [7, 11) is 0. The number of nitrogens with zero attached hydrogens (tertiary/aromatic N) is 4. The zero-order chi connectivity index (χ0) is 69.2. The second kappa shape index (κ2) is 24.1. The van der Waals surface area contributed by atoms with Gasteiger partial charge in [0.05, 0.1) is 16.6 Å². The van der Waals surface area contributed by atoms with Gasteiger partial charge < -0.3 is 19.1 Å². The highest BCUT2D eigenvalue weighted by Gasteiger charge is 2.45. The highest BCUT2D eigenvalue weighted by molar-refractivity contribution is 7.00. The van der Waals surface area contributed by atoms with E-state index >= 15 is 0 Å². The molecule has 2 aliphatic rings. The topological polar surface area (TPSA) is 14.1 Å². The van der Waals surface area contributed by atoms with Crippen LogP contribution >= 0.6 is 0 Å². The summed E-state index contributed by atoms with van der Waals surface area (Å²) in [4.78, 5) is 7.72. The van der Waals surface area contributed by atoms with Gasteiger partial charge >= 0.3 is 0 Å². The Morgan fingerprint density at radius 2 is 0.612 bits per heavy atom. The van der Waals surface area contributed by atoms with Gasteiger partial charge in [-0.2, -0.15) is 0 Å². The Labute approximate surface area is 603 Å². The summed E-state index contributed by atoms with van der Waals surface area (Å²) < 4.78 is 2.48. The van der Waals surface area contributed by atoms with Crippen molar-refractivity contribution >= 4 is 112 Å². The lowest BCUT2D eigenvalue weighted by atomic mass is 9.33. The molecule has 5 heteroatoms. The fraction of sp³-hybridized carbons (Fsp3) is 0.0816. The Kier molecular flexibility index (Phi) is 14.5. The average molecular weight is 1320 g/mol. The third kappa shape index (κ3) is 10.5. The molecule has 0 unspecified atom stereocenters. The Hall–Kier alpha value is -12.4. The lowest BCUT2D eigenvalue weighted by molar-refractivity contribution is 0.590. The van der Waals surface area contributed by atoms with E-state index in [1.165, 1.54) is 71.2 Å². The van der Waals surface area contributed by atoms with Crippen molar-refractivity contribution in [2.45, 2.75) is 52.4 Å². The standard InChI is InChI=1S/C98H75BN4/c1-97(2,3)76-41-45-78(46-42-76)100(79-47-43-77(44-48-79)98(4,5)6)80-49-51-88-92(63-80)102(82-57-73(66-29-16-9-17-30-66)54-74(58-82)67-31-18-10-19-32-67)94-62-75(68-33-20-11-21-34-68)61-93-95(94)99(88)87-50-39-70(69-40-52-90-86(59-69)85-37-24-36-84-83-35-22-23-38-89(83)103(90)96(84)85)60-91(87)101(93)81-55-71(64-25-12-7-13-26-64)53-72(56-81)65-27-14-8-15-28-65/h7-63H,1-6H3. The van der Waals surface area contributed by atoms with Gasteiger partial charge in [-0.25, -0.2) is 0 Å². The highest BCUT2D eigenvalue weighted by Crippen LogP contribution is 2.51.